The van der Waals surface area contributed by atoms with E-state index >= 15 is 0 Å². The Labute approximate surface area is 170 Å². The van der Waals surface area contributed by atoms with E-state index in [2.05, 4.69) is 22.2 Å². The number of benzene rings is 1. The van der Waals surface area contributed by atoms with Crippen molar-refractivity contribution >= 4 is 23.1 Å². The van der Waals surface area contributed by atoms with Crippen molar-refractivity contribution in [3.8, 4) is 5.75 Å². The van der Waals surface area contributed by atoms with E-state index in [0.29, 0.717) is 6.42 Å². The molecule has 0 aliphatic rings. The van der Waals surface area contributed by atoms with Crippen molar-refractivity contribution in [1.82, 2.24) is 15.6 Å². The van der Waals surface area contributed by atoms with Crippen molar-refractivity contribution in [2.24, 2.45) is 0 Å². The number of hydrogen-bond donors (Lipinski definition) is 3. The molecule has 0 unspecified atom stereocenters. The third-order valence-electron chi connectivity index (χ3n) is 3.99. The second-order valence-corrected chi connectivity index (χ2v) is 7.54. The van der Waals surface area contributed by atoms with Crippen LogP contribution in [0.15, 0.2) is 37.1 Å². The summed E-state index contributed by atoms with van der Waals surface area (Å²) in [5.41, 5.74) is 1.30. The van der Waals surface area contributed by atoms with Gasteiger partial charge in [-0.1, -0.05) is 12.7 Å². The molecule has 8 nitrogen and oxygen atoms in total. The highest BCUT2D eigenvalue weighted by Crippen LogP contribution is 2.24. The summed E-state index contributed by atoms with van der Waals surface area (Å²) in [7, 11) is 1.61. The summed E-state index contributed by atoms with van der Waals surface area (Å²) in [6, 6.07) is 5.32. The molecule has 2 amide bonds. The van der Waals surface area contributed by atoms with Gasteiger partial charge in [-0.3, -0.25) is 0 Å². The predicted octanol–water partition coefficient (Wildman–Crippen LogP) is 3.52. The first-order valence-electron chi connectivity index (χ1n) is 9.37. The van der Waals surface area contributed by atoms with Crippen molar-refractivity contribution in [2.45, 2.75) is 38.8 Å². The minimum Gasteiger partial charge on any atom is -0.497 e. The lowest BCUT2D eigenvalue weighted by Gasteiger charge is -2.24. The molecule has 3 N–H and O–H groups in total. The lowest BCUT2D eigenvalue weighted by atomic mass is 10.0. The second-order valence-electron chi connectivity index (χ2n) is 7.54. The second kappa shape index (κ2) is 9.86. The number of alkyl carbamates (subject to hydrolysis) is 2. The quantitative estimate of drug-likeness (QED) is 0.586. The van der Waals surface area contributed by atoms with Crippen molar-refractivity contribution in [3.63, 3.8) is 0 Å². The average molecular weight is 403 g/mol. The molecule has 29 heavy (non-hydrogen) atoms. The number of aromatic nitrogens is 1. The van der Waals surface area contributed by atoms with E-state index in [0.717, 1.165) is 22.2 Å². The van der Waals surface area contributed by atoms with Crippen molar-refractivity contribution in [1.29, 1.82) is 0 Å². The topological polar surface area (TPSA) is 102 Å². The Morgan fingerprint density at radius 3 is 2.69 bits per heavy atom. The van der Waals surface area contributed by atoms with Crippen molar-refractivity contribution < 1.29 is 23.8 Å². The van der Waals surface area contributed by atoms with E-state index < -0.39 is 23.8 Å². The Morgan fingerprint density at radius 2 is 2.03 bits per heavy atom. The Balaban J connectivity index is 2.14. The Kier molecular flexibility index (Phi) is 7.52. The van der Waals surface area contributed by atoms with Gasteiger partial charge in [0.05, 0.1) is 13.2 Å². The fourth-order valence-electron chi connectivity index (χ4n) is 2.76. The van der Waals surface area contributed by atoms with Gasteiger partial charge in [0.1, 0.15) is 18.0 Å². The molecule has 0 saturated heterocycles. The van der Waals surface area contributed by atoms with E-state index in [4.69, 9.17) is 14.2 Å². The molecule has 0 saturated carbocycles. The fraction of sp³-hybridized carbons (Fsp3) is 0.429. The number of fused-ring (bicyclic) bond motifs is 1. The number of aromatic amines is 1. The van der Waals surface area contributed by atoms with Crippen molar-refractivity contribution in [2.75, 3.05) is 20.3 Å². The molecule has 1 aromatic heterocycles. The molecule has 1 aromatic carbocycles. The van der Waals surface area contributed by atoms with Gasteiger partial charge in [-0.2, -0.15) is 0 Å². The lowest BCUT2D eigenvalue weighted by molar-refractivity contribution is 0.0502. The molecule has 0 bridgehead atoms. The van der Waals surface area contributed by atoms with Gasteiger partial charge in [-0.05, 0) is 51.0 Å². The van der Waals surface area contributed by atoms with Gasteiger partial charge >= 0.3 is 12.2 Å². The van der Waals surface area contributed by atoms with E-state index in [-0.39, 0.29) is 13.2 Å². The summed E-state index contributed by atoms with van der Waals surface area (Å²) in [5, 5.41) is 6.46. The summed E-state index contributed by atoms with van der Waals surface area (Å²) in [5.74, 6) is 0.737. The molecule has 8 heteroatoms. The maximum Gasteiger partial charge on any atom is 0.407 e. The highest BCUT2D eigenvalue weighted by atomic mass is 16.6. The van der Waals surface area contributed by atoms with E-state index in [1.807, 2.05) is 24.4 Å². The van der Waals surface area contributed by atoms with Crippen LogP contribution in [0.3, 0.4) is 0 Å². The highest BCUT2D eigenvalue weighted by molar-refractivity contribution is 5.84. The smallest absolute Gasteiger partial charge is 0.407 e. The number of nitrogens with one attached hydrogen (secondary N) is 3. The first-order chi connectivity index (χ1) is 13.7. The monoisotopic (exact) mass is 403 g/mol. The van der Waals surface area contributed by atoms with Gasteiger partial charge in [0.25, 0.3) is 0 Å². The van der Waals surface area contributed by atoms with Crippen LogP contribution < -0.4 is 15.4 Å². The van der Waals surface area contributed by atoms with E-state index in [9.17, 15) is 9.59 Å². The molecular weight excluding hydrogens is 374 g/mol. The molecule has 158 valence electrons. The zero-order chi connectivity index (χ0) is 21.4. The van der Waals surface area contributed by atoms with Gasteiger partial charge in [-0.25, -0.2) is 9.59 Å². The van der Waals surface area contributed by atoms with E-state index in [1.165, 1.54) is 6.08 Å². The zero-order valence-electron chi connectivity index (χ0n) is 17.3. The molecule has 0 aliphatic carbocycles. The number of methoxy groups -OCH3 is 1. The van der Waals surface area contributed by atoms with Crippen LogP contribution in [0.5, 0.6) is 5.75 Å². The molecule has 1 heterocycles. The third-order valence-corrected chi connectivity index (χ3v) is 3.99. The number of hydrogen-bond acceptors (Lipinski definition) is 5. The number of carbonyl (C=O) groups is 2. The number of amides is 2. The minimum atomic E-state index is -0.626. The molecule has 2 aromatic rings. The largest absolute Gasteiger partial charge is 0.497 e. The van der Waals surface area contributed by atoms with Crippen LogP contribution in [0.1, 0.15) is 26.3 Å². The van der Waals surface area contributed by atoms with Crippen LogP contribution in [-0.2, 0) is 15.9 Å². The fourth-order valence-corrected chi connectivity index (χ4v) is 2.76. The molecule has 0 spiro atoms. The van der Waals surface area contributed by atoms with Gasteiger partial charge < -0.3 is 29.8 Å². The van der Waals surface area contributed by atoms with Gasteiger partial charge in [0.15, 0.2) is 0 Å². The SMILES string of the molecule is C=CCOC(=O)NC[C@H](Cc1c[nH]c2ccc(OC)cc12)NC(=O)OC(C)(C)C. The minimum absolute atomic E-state index is 0.109. The molecule has 2 rings (SSSR count). The number of H-pyrrole nitrogens is 1. The van der Waals surface area contributed by atoms with Crippen LogP contribution >= 0.6 is 0 Å². The lowest BCUT2D eigenvalue weighted by Crippen LogP contribution is -2.46. The maximum atomic E-state index is 12.3. The zero-order valence-corrected chi connectivity index (χ0v) is 17.3. The average Bonchev–Trinajstić information content (AvgIpc) is 3.04. The van der Waals surface area contributed by atoms with Crippen LogP contribution in [0.25, 0.3) is 10.9 Å². The Morgan fingerprint density at radius 1 is 1.28 bits per heavy atom. The van der Waals surface area contributed by atoms with Gasteiger partial charge in [0, 0.05) is 23.6 Å². The van der Waals surface area contributed by atoms with Gasteiger partial charge in [0.2, 0.25) is 0 Å². The summed E-state index contributed by atoms with van der Waals surface area (Å²) >= 11 is 0. The van der Waals surface area contributed by atoms with Crippen molar-refractivity contribution in [3.05, 3.63) is 42.6 Å². The van der Waals surface area contributed by atoms with Gasteiger partial charge in [-0.15, -0.1) is 0 Å². The first kappa shape index (κ1) is 22.1. The maximum absolute atomic E-state index is 12.3. The third kappa shape index (κ3) is 7.06. The van der Waals surface area contributed by atoms with Crippen LogP contribution in [-0.4, -0.2) is 49.1 Å². The Hall–Kier alpha value is -3.16. The summed E-state index contributed by atoms with van der Waals surface area (Å²) in [4.78, 5) is 27.2. The molecule has 0 aliphatic heterocycles. The van der Waals surface area contributed by atoms with Crippen LogP contribution in [0.4, 0.5) is 9.59 Å². The molecular formula is C21H29N3O5. The molecule has 1 atom stereocenters. The van der Waals surface area contributed by atoms with E-state index in [1.54, 1.807) is 27.9 Å². The summed E-state index contributed by atoms with van der Waals surface area (Å²) in [6.07, 6.45) is 2.69. The number of ether oxygens (including phenoxy) is 3. The normalized spacial score (nSPS) is 12.1. The molecule has 0 fully saturated rings. The van der Waals surface area contributed by atoms with Crippen LogP contribution in [0, 0.1) is 0 Å². The summed E-state index contributed by atoms with van der Waals surface area (Å²) in [6.45, 7) is 9.15. The number of carbonyl (C=O) groups excluding carboxylic acids is 2. The number of rotatable bonds is 8. The predicted molar refractivity (Wildman–Crippen MR) is 111 cm³/mol. The summed E-state index contributed by atoms with van der Waals surface area (Å²) < 4.78 is 15.6. The Bertz CT molecular complexity index is 854. The van der Waals surface area contributed by atoms with Crippen LogP contribution in [0.2, 0.25) is 0 Å². The highest BCUT2D eigenvalue weighted by Gasteiger charge is 2.21. The standard InChI is InChI=1S/C21H29N3O5/c1-6-9-28-19(25)23-13-15(24-20(26)29-21(2,3)4)10-14-12-22-18-8-7-16(27-5)11-17(14)18/h6-8,11-12,15,22H,1,9-10,13H2,2-5H3,(H,23,25)(H,24,26)/t15-/m0/s1. The molecule has 0 radical (unpaired) electrons. The first-order valence-corrected chi connectivity index (χ1v) is 9.37.